The number of carbonyl (C=O) groups is 1. The Labute approximate surface area is 163 Å². The van der Waals surface area contributed by atoms with Crippen LogP contribution in [0.25, 0.3) is 0 Å². The van der Waals surface area contributed by atoms with Crippen LogP contribution in [-0.2, 0) is 16.0 Å². The van der Waals surface area contributed by atoms with E-state index in [4.69, 9.17) is 24.7 Å². The lowest BCUT2D eigenvalue weighted by Crippen LogP contribution is -2.33. The van der Waals surface area contributed by atoms with Crippen LogP contribution in [0.4, 0.5) is 0 Å². The maximum absolute atomic E-state index is 11.6. The van der Waals surface area contributed by atoms with Crippen LogP contribution in [0, 0.1) is 5.92 Å². The molecule has 2 unspecified atom stereocenters. The van der Waals surface area contributed by atoms with Crippen LogP contribution in [0.2, 0.25) is 0 Å². The first-order valence-corrected chi connectivity index (χ1v) is 9.89. The van der Waals surface area contributed by atoms with Gasteiger partial charge in [0.15, 0.2) is 11.5 Å². The lowest BCUT2D eigenvalue weighted by atomic mass is 9.91. The standard InChI is InChI=1S/C21H35NO5/c1-6-15(12-18(22)21(23)24-5)10-11-16-13-17(25-7-2)14-19(26-8-3)20(16)27-9-4/h13-15,18H,6-12,22H2,1-5H3. The van der Waals surface area contributed by atoms with Crippen LogP contribution in [0.15, 0.2) is 12.1 Å². The average molecular weight is 382 g/mol. The van der Waals surface area contributed by atoms with Gasteiger partial charge in [-0.1, -0.05) is 13.3 Å². The van der Waals surface area contributed by atoms with Gasteiger partial charge in [-0.05, 0) is 52.0 Å². The summed E-state index contributed by atoms with van der Waals surface area (Å²) in [5, 5.41) is 0. The van der Waals surface area contributed by atoms with Gasteiger partial charge in [0.05, 0.1) is 26.9 Å². The minimum atomic E-state index is -0.583. The predicted molar refractivity (Wildman–Crippen MR) is 107 cm³/mol. The van der Waals surface area contributed by atoms with Crippen molar-refractivity contribution in [3.8, 4) is 17.2 Å². The lowest BCUT2D eigenvalue weighted by Gasteiger charge is -2.21. The van der Waals surface area contributed by atoms with E-state index in [1.807, 2.05) is 32.9 Å². The Morgan fingerprint density at radius 3 is 2.26 bits per heavy atom. The molecule has 0 aliphatic carbocycles. The summed E-state index contributed by atoms with van der Waals surface area (Å²) in [5.74, 6) is 2.22. The zero-order chi connectivity index (χ0) is 20.2. The second kappa shape index (κ2) is 12.4. The number of rotatable bonds is 13. The molecule has 27 heavy (non-hydrogen) atoms. The summed E-state index contributed by atoms with van der Waals surface area (Å²) in [4.78, 5) is 11.6. The Morgan fingerprint density at radius 2 is 1.70 bits per heavy atom. The first-order chi connectivity index (χ1) is 13.0. The summed E-state index contributed by atoms with van der Waals surface area (Å²) < 4.78 is 22.1. The van der Waals surface area contributed by atoms with Gasteiger partial charge in [-0.15, -0.1) is 0 Å². The number of aryl methyl sites for hydroxylation is 1. The summed E-state index contributed by atoms with van der Waals surface area (Å²) in [6.07, 6.45) is 3.24. The molecule has 6 nitrogen and oxygen atoms in total. The maximum Gasteiger partial charge on any atom is 0.322 e. The molecule has 6 heteroatoms. The minimum Gasteiger partial charge on any atom is -0.494 e. The van der Waals surface area contributed by atoms with Gasteiger partial charge in [0, 0.05) is 11.6 Å². The fourth-order valence-electron chi connectivity index (χ4n) is 3.09. The molecule has 0 aliphatic rings. The van der Waals surface area contributed by atoms with E-state index in [0.29, 0.717) is 37.9 Å². The number of hydrogen-bond donors (Lipinski definition) is 1. The molecule has 1 aromatic carbocycles. The highest BCUT2D eigenvalue weighted by atomic mass is 16.5. The van der Waals surface area contributed by atoms with E-state index < -0.39 is 6.04 Å². The third-order valence-electron chi connectivity index (χ3n) is 4.50. The van der Waals surface area contributed by atoms with Gasteiger partial charge in [0.2, 0.25) is 0 Å². The topological polar surface area (TPSA) is 80.0 Å². The highest BCUT2D eigenvalue weighted by Gasteiger charge is 2.21. The first kappa shape index (κ1) is 23.1. The van der Waals surface area contributed by atoms with Crippen LogP contribution >= 0.6 is 0 Å². The number of nitrogens with two attached hydrogens (primary N) is 1. The van der Waals surface area contributed by atoms with Gasteiger partial charge >= 0.3 is 5.97 Å². The molecule has 2 N–H and O–H groups in total. The molecular formula is C21H35NO5. The molecule has 0 fully saturated rings. The third kappa shape index (κ3) is 7.29. The number of ether oxygens (including phenoxy) is 4. The summed E-state index contributed by atoms with van der Waals surface area (Å²) in [6, 6.07) is 3.32. The van der Waals surface area contributed by atoms with E-state index in [1.165, 1.54) is 7.11 Å². The molecule has 154 valence electrons. The Balaban J connectivity index is 2.98. The summed E-state index contributed by atoms with van der Waals surface area (Å²) in [6.45, 7) is 9.68. The van der Waals surface area contributed by atoms with E-state index in [1.54, 1.807) is 0 Å². The van der Waals surface area contributed by atoms with Crippen molar-refractivity contribution < 1.29 is 23.7 Å². The molecular weight excluding hydrogens is 346 g/mol. The monoisotopic (exact) mass is 381 g/mol. The van der Waals surface area contributed by atoms with Crippen LogP contribution in [0.1, 0.15) is 52.5 Å². The molecule has 0 aliphatic heterocycles. The Morgan fingerprint density at radius 1 is 1.04 bits per heavy atom. The molecule has 0 aromatic heterocycles. The van der Waals surface area contributed by atoms with E-state index in [2.05, 4.69) is 6.92 Å². The smallest absolute Gasteiger partial charge is 0.322 e. The van der Waals surface area contributed by atoms with Crippen molar-refractivity contribution in [1.29, 1.82) is 0 Å². The quantitative estimate of drug-likeness (QED) is 0.525. The highest BCUT2D eigenvalue weighted by molar-refractivity contribution is 5.75. The van der Waals surface area contributed by atoms with Crippen LogP contribution < -0.4 is 19.9 Å². The molecule has 0 radical (unpaired) electrons. The van der Waals surface area contributed by atoms with Gasteiger partial charge in [-0.3, -0.25) is 4.79 Å². The number of esters is 1. The first-order valence-electron chi connectivity index (χ1n) is 9.89. The second-order valence-electron chi connectivity index (χ2n) is 6.39. The largest absolute Gasteiger partial charge is 0.494 e. The average Bonchev–Trinajstić information content (AvgIpc) is 2.66. The number of carbonyl (C=O) groups excluding carboxylic acids is 1. The van der Waals surface area contributed by atoms with Crippen molar-refractivity contribution in [2.75, 3.05) is 26.9 Å². The summed E-state index contributed by atoms with van der Waals surface area (Å²) >= 11 is 0. The number of benzene rings is 1. The van der Waals surface area contributed by atoms with E-state index in [0.717, 1.165) is 36.3 Å². The molecule has 1 rings (SSSR count). The normalized spacial score (nSPS) is 13.0. The lowest BCUT2D eigenvalue weighted by molar-refractivity contribution is -0.142. The zero-order valence-corrected chi connectivity index (χ0v) is 17.4. The fraction of sp³-hybridized carbons (Fsp3) is 0.667. The van der Waals surface area contributed by atoms with Crippen molar-refractivity contribution in [2.24, 2.45) is 11.7 Å². The Hall–Kier alpha value is -1.95. The molecule has 0 saturated heterocycles. The van der Waals surface area contributed by atoms with Crippen LogP contribution in [-0.4, -0.2) is 38.9 Å². The van der Waals surface area contributed by atoms with Crippen molar-refractivity contribution in [3.63, 3.8) is 0 Å². The summed E-state index contributed by atoms with van der Waals surface area (Å²) in [7, 11) is 1.37. The molecule has 0 spiro atoms. The third-order valence-corrected chi connectivity index (χ3v) is 4.50. The molecule has 0 saturated carbocycles. The van der Waals surface area contributed by atoms with Gasteiger partial charge in [-0.25, -0.2) is 0 Å². The van der Waals surface area contributed by atoms with Crippen LogP contribution in [0.5, 0.6) is 17.2 Å². The summed E-state index contributed by atoms with van der Waals surface area (Å²) in [5.41, 5.74) is 6.99. The fourth-order valence-corrected chi connectivity index (χ4v) is 3.09. The van der Waals surface area contributed by atoms with Gasteiger partial charge in [0.1, 0.15) is 11.8 Å². The highest BCUT2D eigenvalue weighted by Crippen LogP contribution is 2.37. The Bertz CT molecular complexity index is 576. The SMILES string of the molecule is CCOc1cc(CCC(CC)CC(N)C(=O)OC)c(OCC)c(OCC)c1. The van der Waals surface area contributed by atoms with Crippen molar-refractivity contribution in [3.05, 3.63) is 17.7 Å². The molecule has 0 heterocycles. The predicted octanol–water partition coefficient (Wildman–Crippen LogP) is 3.73. The van der Waals surface area contributed by atoms with Crippen molar-refractivity contribution in [1.82, 2.24) is 0 Å². The van der Waals surface area contributed by atoms with Gasteiger partial charge in [-0.2, -0.15) is 0 Å². The molecule has 0 bridgehead atoms. The molecule has 2 atom stereocenters. The Kier molecular flexibility index (Phi) is 10.6. The van der Waals surface area contributed by atoms with E-state index >= 15 is 0 Å². The second-order valence-corrected chi connectivity index (χ2v) is 6.39. The van der Waals surface area contributed by atoms with Crippen molar-refractivity contribution >= 4 is 5.97 Å². The maximum atomic E-state index is 11.6. The molecule has 1 aromatic rings. The van der Waals surface area contributed by atoms with E-state index in [9.17, 15) is 4.79 Å². The van der Waals surface area contributed by atoms with Crippen molar-refractivity contribution in [2.45, 2.75) is 59.4 Å². The van der Waals surface area contributed by atoms with Gasteiger partial charge in [0.25, 0.3) is 0 Å². The van der Waals surface area contributed by atoms with Crippen LogP contribution in [0.3, 0.4) is 0 Å². The zero-order valence-electron chi connectivity index (χ0n) is 17.4. The van der Waals surface area contributed by atoms with E-state index in [-0.39, 0.29) is 5.97 Å². The van der Waals surface area contributed by atoms with Gasteiger partial charge < -0.3 is 24.7 Å². The molecule has 0 amide bonds. The minimum absolute atomic E-state index is 0.319. The number of hydrogen-bond acceptors (Lipinski definition) is 6. The number of methoxy groups -OCH3 is 1.